The van der Waals surface area contributed by atoms with Crippen molar-refractivity contribution in [3.05, 3.63) is 151 Å². The molecule has 3 heteroatoms. The predicted molar refractivity (Wildman–Crippen MR) is 162 cm³/mol. The minimum Gasteiger partial charge on any atom is -0.305 e. The zero-order chi connectivity index (χ0) is 24.8. The van der Waals surface area contributed by atoms with Gasteiger partial charge in [0.05, 0.1) is 0 Å². The van der Waals surface area contributed by atoms with Crippen LogP contribution in [0.3, 0.4) is 0 Å². The summed E-state index contributed by atoms with van der Waals surface area (Å²) in [5.74, 6) is 0. The van der Waals surface area contributed by atoms with Gasteiger partial charge < -0.3 is 4.90 Å². The van der Waals surface area contributed by atoms with Crippen LogP contribution in [0.15, 0.2) is 146 Å². The smallest absolute Gasteiger partial charge is 0.139 e. The molecule has 1 nitrogen and oxygen atoms in total. The third-order valence-electron chi connectivity index (χ3n) is 6.39. The van der Waals surface area contributed by atoms with Crippen molar-refractivity contribution >= 4 is 41.1 Å². The predicted octanol–water partition coefficient (Wildman–Crippen LogP) is 6.09. The van der Waals surface area contributed by atoms with E-state index in [1.54, 1.807) is 0 Å². The SMILES string of the molecule is CN(C)Cc1ccccc1[P+](c1ccccc1)(c1ccccc1)P(c1ccccc1)c1ccccc1. The minimum atomic E-state index is -2.16. The van der Waals surface area contributed by atoms with Gasteiger partial charge in [-0.3, -0.25) is 0 Å². The van der Waals surface area contributed by atoms with Crippen LogP contribution in [0.2, 0.25) is 0 Å². The third-order valence-corrected chi connectivity index (χ3v) is 17.0. The summed E-state index contributed by atoms with van der Waals surface area (Å²) in [5.41, 5.74) is 1.41. The van der Waals surface area contributed by atoms with Crippen molar-refractivity contribution in [2.75, 3.05) is 14.1 Å². The zero-order valence-corrected chi connectivity index (χ0v) is 22.7. The molecule has 0 unspecified atom stereocenters. The van der Waals surface area contributed by atoms with Gasteiger partial charge in [-0.15, -0.1) is 0 Å². The van der Waals surface area contributed by atoms with E-state index in [2.05, 4.69) is 165 Å². The lowest BCUT2D eigenvalue weighted by atomic mass is 10.2. The van der Waals surface area contributed by atoms with E-state index in [1.165, 1.54) is 32.1 Å². The molecule has 0 aromatic heterocycles. The fourth-order valence-corrected chi connectivity index (χ4v) is 16.8. The van der Waals surface area contributed by atoms with Crippen molar-refractivity contribution in [1.29, 1.82) is 0 Å². The maximum absolute atomic E-state index is 2.41. The van der Waals surface area contributed by atoms with Gasteiger partial charge >= 0.3 is 0 Å². The molecular weight excluding hydrogens is 472 g/mol. The van der Waals surface area contributed by atoms with Crippen molar-refractivity contribution in [2.45, 2.75) is 6.54 Å². The Balaban J connectivity index is 1.96. The zero-order valence-electron chi connectivity index (χ0n) is 20.9. The second-order valence-electron chi connectivity index (χ2n) is 9.16. The molecule has 0 spiro atoms. The first-order chi connectivity index (χ1) is 17.7. The van der Waals surface area contributed by atoms with Crippen molar-refractivity contribution < 1.29 is 0 Å². The molecule has 0 saturated heterocycles. The highest BCUT2D eigenvalue weighted by Crippen LogP contribution is 2.80. The Morgan fingerprint density at radius 2 is 0.889 bits per heavy atom. The quantitative estimate of drug-likeness (QED) is 0.231. The van der Waals surface area contributed by atoms with Crippen LogP contribution < -0.4 is 26.5 Å². The molecular formula is C33H32NP2+. The summed E-state index contributed by atoms with van der Waals surface area (Å²) in [6.07, 6.45) is 0. The average Bonchev–Trinajstić information content (AvgIpc) is 2.94. The van der Waals surface area contributed by atoms with Gasteiger partial charge in [0, 0.05) is 22.7 Å². The fraction of sp³-hybridized carbons (Fsp3) is 0.0909. The third kappa shape index (κ3) is 4.80. The van der Waals surface area contributed by atoms with Crippen LogP contribution in [0, 0.1) is 0 Å². The van der Waals surface area contributed by atoms with Gasteiger partial charge in [0.15, 0.2) is 0 Å². The number of hydrogen-bond acceptors (Lipinski definition) is 1. The molecule has 5 aromatic rings. The maximum atomic E-state index is 2.41. The topological polar surface area (TPSA) is 3.24 Å². The monoisotopic (exact) mass is 504 g/mol. The molecule has 0 bridgehead atoms. The lowest BCUT2D eigenvalue weighted by molar-refractivity contribution is 0.403. The van der Waals surface area contributed by atoms with Crippen LogP contribution in [0.4, 0.5) is 0 Å². The summed E-state index contributed by atoms with van der Waals surface area (Å²) >= 11 is 0. The summed E-state index contributed by atoms with van der Waals surface area (Å²) in [7, 11) is 3.56. The van der Waals surface area contributed by atoms with E-state index in [1.807, 2.05) is 0 Å². The Labute approximate surface area is 217 Å². The van der Waals surface area contributed by atoms with Crippen molar-refractivity contribution in [3.8, 4) is 0 Å². The van der Waals surface area contributed by atoms with Gasteiger partial charge in [-0.25, -0.2) is 0 Å². The number of benzene rings is 5. The summed E-state index contributed by atoms with van der Waals surface area (Å²) in [6.45, 7) is -1.26. The van der Waals surface area contributed by atoms with Crippen LogP contribution in [-0.2, 0) is 6.54 Å². The minimum absolute atomic E-state index is 0.776. The normalized spacial score (nSPS) is 11.7. The largest absolute Gasteiger partial charge is 0.305 e. The van der Waals surface area contributed by atoms with Crippen LogP contribution in [-0.4, -0.2) is 19.0 Å². The summed E-state index contributed by atoms with van der Waals surface area (Å²) < 4.78 is 0. The molecule has 0 amide bonds. The van der Waals surface area contributed by atoms with Gasteiger partial charge in [-0.1, -0.05) is 115 Å². The van der Waals surface area contributed by atoms with E-state index >= 15 is 0 Å². The van der Waals surface area contributed by atoms with E-state index in [0.29, 0.717) is 0 Å². The lowest BCUT2D eigenvalue weighted by Crippen LogP contribution is -2.36. The first-order valence-electron chi connectivity index (χ1n) is 12.4. The Hall–Kier alpha value is -3.08. The van der Waals surface area contributed by atoms with Crippen LogP contribution in [0.5, 0.6) is 0 Å². The van der Waals surface area contributed by atoms with Gasteiger partial charge in [0.2, 0.25) is 0 Å². The Morgan fingerprint density at radius 1 is 0.500 bits per heavy atom. The number of nitrogens with zero attached hydrogens (tertiary/aromatic N) is 1. The molecule has 0 radical (unpaired) electrons. The highest BCUT2D eigenvalue weighted by Gasteiger charge is 2.55. The van der Waals surface area contributed by atoms with Crippen LogP contribution in [0.25, 0.3) is 0 Å². The van der Waals surface area contributed by atoms with Crippen molar-refractivity contribution in [2.24, 2.45) is 0 Å². The van der Waals surface area contributed by atoms with Crippen molar-refractivity contribution in [3.63, 3.8) is 0 Å². The lowest BCUT2D eigenvalue weighted by Gasteiger charge is -2.36. The van der Waals surface area contributed by atoms with Crippen LogP contribution >= 0.6 is 14.6 Å². The fourth-order valence-electron chi connectivity index (χ4n) is 4.99. The van der Waals surface area contributed by atoms with Gasteiger partial charge in [0.25, 0.3) is 0 Å². The molecule has 0 aliphatic rings. The number of rotatable bonds is 8. The first-order valence-corrected chi connectivity index (χ1v) is 16.2. The van der Waals surface area contributed by atoms with E-state index in [0.717, 1.165) is 6.54 Å². The molecule has 0 fully saturated rings. The van der Waals surface area contributed by atoms with E-state index < -0.39 is 14.6 Å². The van der Waals surface area contributed by atoms with Crippen LogP contribution in [0.1, 0.15) is 5.56 Å². The summed E-state index contributed by atoms with van der Waals surface area (Å²) in [5, 5.41) is 7.18. The number of hydrogen-bond donors (Lipinski definition) is 0. The molecule has 178 valence electrons. The second kappa shape index (κ2) is 11.3. The molecule has 5 rings (SSSR count). The maximum Gasteiger partial charge on any atom is 0.139 e. The second-order valence-corrected chi connectivity index (χ2v) is 16.6. The van der Waals surface area contributed by atoms with E-state index in [4.69, 9.17) is 0 Å². The molecule has 0 aliphatic carbocycles. The van der Waals surface area contributed by atoms with Crippen molar-refractivity contribution in [1.82, 2.24) is 4.90 Å². The standard InChI is InChI=1S/C33H32NP2/c1-34(2)27-28-17-15-16-26-33(28)36(31-22-11-5-12-23-31,32-24-13-6-14-25-32)35(29-18-7-3-8-19-29)30-20-9-4-10-21-30/h3-26H,27H2,1-2H3/q+1. The Morgan fingerprint density at radius 3 is 1.33 bits per heavy atom. The molecule has 0 N–H and O–H groups in total. The first kappa shape index (κ1) is 24.6. The summed E-state index contributed by atoms with van der Waals surface area (Å²) in [4.78, 5) is 2.29. The molecule has 0 heterocycles. The summed E-state index contributed by atoms with van der Waals surface area (Å²) in [6, 6.07) is 54.2. The molecule has 0 atom stereocenters. The van der Waals surface area contributed by atoms with Gasteiger partial charge in [0.1, 0.15) is 30.5 Å². The highest BCUT2D eigenvalue weighted by molar-refractivity contribution is 8.52. The highest BCUT2D eigenvalue weighted by atomic mass is 32.1. The molecule has 36 heavy (non-hydrogen) atoms. The van der Waals surface area contributed by atoms with Gasteiger partial charge in [-0.2, -0.15) is 0 Å². The Kier molecular flexibility index (Phi) is 7.74. The Bertz CT molecular complexity index is 1290. The molecule has 0 aliphatic heterocycles. The van der Waals surface area contributed by atoms with Gasteiger partial charge in [-0.05, 0) is 44.4 Å². The molecule has 0 saturated carbocycles. The van der Waals surface area contributed by atoms with E-state index in [-0.39, 0.29) is 0 Å². The molecule has 5 aromatic carbocycles. The average molecular weight is 505 g/mol. The van der Waals surface area contributed by atoms with E-state index in [9.17, 15) is 0 Å².